The minimum atomic E-state index is -0.933. The molecule has 6 nitrogen and oxygen atoms in total. The van der Waals surface area contributed by atoms with Crippen LogP contribution >= 0.6 is 0 Å². The van der Waals surface area contributed by atoms with Crippen LogP contribution in [0.1, 0.15) is 33.6 Å². The zero-order valence-corrected chi connectivity index (χ0v) is 12.9. The first-order valence-electron chi connectivity index (χ1n) is 7.58. The second kappa shape index (κ2) is 4.20. The monoisotopic (exact) mass is 296 g/mol. The highest BCUT2D eigenvalue weighted by atomic mass is 16.5. The third kappa shape index (κ3) is 1.66. The average Bonchev–Trinajstić information content (AvgIpc) is 3.03. The second-order valence-electron chi connectivity index (χ2n) is 7.62. The predicted octanol–water partition coefficient (Wildman–Crippen LogP) is 0.452. The average molecular weight is 296 g/mol. The van der Waals surface area contributed by atoms with Crippen molar-refractivity contribution in [2.45, 2.75) is 45.3 Å². The molecular weight excluding hydrogens is 272 g/mol. The molecule has 4 atom stereocenters. The van der Waals surface area contributed by atoms with E-state index >= 15 is 0 Å². The van der Waals surface area contributed by atoms with Gasteiger partial charge in [-0.15, -0.1) is 0 Å². The first-order valence-corrected chi connectivity index (χ1v) is 7.58. The van der Waals surface area contributed by atoms with Crippen molar-refractivity contribution in [3.05, 3.63) is 0 Å². The Bertz CT molecular complexity index is 506. The van der Waals surface area contributed by atoms with Gasteiger partial charge in [0.25, 0.3) is 0 Å². The van der Waals surface area contributed by atoms with E-state index in [4.69, 9.17) is 10.5 Å². The molecule has 3 rings (SSSR count). The Labute approximate surface area is 124 Å². The summed E-state index contributed by atoms with van der Waals surface area (Å²) < 4.78 is 5.71. The fourth-order valence-corrected chi connectivity index (χ4v) is 4.39. The molecule has 0 spiro atoms. The minimum Gasteiger partial charge on any atom is -0.481 e. The molecule has 2 saturated heterocycles. The number of hydrogen-bond donors (Lipinski definition) is 2. The molecular formula is C15H24N2O4. The Morgan fingerprint density at radius 1 is 1.33 bits per heavy atom. The van der Waals surface area contributed by atoms with E-state index < -0.39 is 22.3 Å². The number of nitrogens with two attached hydrogens (primary N) is 1. The van der Waals surface area contributed by atoms with Crippen LogP contribution in [0, 0.1) is 16.7 Å². The van der Waals surface area contributed by atoms with E-state index in [2.05, 4.69) is 0 Å². The van der Waals surface area contributed by atoms with Crippen molar-refractivity contribution in [3.63, 3.8) is 0 Å². The standard InChI is InChI=1S/C15H24N2O4/c1-13(2)10-9(4-7-21-10)15(13,16)11(18)17-6-5-14(3,8-17)12(19)20/h9-10H,4-8,16H2,1-3H3,(H,19,20). The van der Waals surface area contributed by atoms with Crippen molar-refractivity contribution in [2.24, 2.45) is 22.5 Å². The Balaban J connectivity index is 1.82. The van der Waals surface area contributed by atoms with Crippen LogP contribution in [0.15, 0.2) is 0 Å². The third-order valence-electron chi connectivity index (χ3n) is 6.08. The Kier molecular flexibility index (Phi) is 2.95. The largest absolute Gasteiger partial charge is 0.481 e. The number of carbonyl (C=O) groups is 2. The van der Waals surface area contributed by atoms with Crippen LogP contribution in [-0.2, 0) is 14.3 Å². The number of nitrogens with zero attached hydrogens (tertiary/aromatic N) is 1. The van der Waals surface area contributed by atoms with Crippen LogP contribution in [0.5, 0.6) is 0 Å². The summed E-state index contributed by atoms with van der Waals surface area (Å²) in [4.78, 5) is 26.0. The summed E-state index contributed by atoms with van der Waals surface area (Å²) in [5, 5.41) is 9.31. The van der Waals surface area contributed by atoms with Gasteiger partial charge in [-0.05, 0) is 19.8 Å². The smallest absolute Gasteiger partial charge is 0.311 e. The predicted molar refractivity (Wildman–Crippen MR) is 75.5 cm³/mol. The first-order chi connectivity index (χ1) is 9.64. The molecule has 3 N–H and O–H groups in total. The number of amides is 1. The van der Waals surface area contributed by atoms with Gasteiger partial charge in [-0.1, -0.05) is 13.8 Å². The van der Waals surface area contributed by atoms with Crippen LogP contribution < -0.4 is 5.73 Å². The van der Waals surface area contributed by atoms with Gasteiger partial charge in [-0.25, -0.2) is 0 Å². The molecule has 2 heterocycles. The molecule has 3 aliphatic rings. The quantitative estimate of drug-likeness (QED) is 0.772. The Morgan fingerprint density at radius 2 is 2.00 bits per heavy atom. The summed E-state index contributed by atoms with van der Waals surface area (Å²) in [7, 11) is 0. The van der Waals surface area contributed by atoms with Crippen LogP contribution in [0.2, 0.25) is 0 Å². The highest BCUT2D eigenvalue weighted by molar-refractivity contribution is 5.90. The number of carboxylic acids is 1. The van der Waals surface area contributed by atoms with Gasteiger partial charge in [-0.3, -0.25) is 9.59 Å². The number of hydrogen-bond acceptors (Lipinski definition) is 4. The molecule has 1 aliphatic carbocycles. The molecule has 0 aromatic heterocycles. The molecule has 0 aromatic carbocycles. The number of fused-ring (bicyclic) bond motifs is 1. The zero-order chi connectivity index (χ0) is 15.6. The van der Waals surface area contributed by atoms with Crippen LogP contribution in [0.4, 0.5) is 0 Å². The topological polar surface area (TPSA) is 92.9 Å². The molecule has 1 amide bonds. The minimum absolute atomic E-state index is 0.0416. The van der Waals surface area contributed by atoms with Crippen molar-refractivity contribution >= 4 is 11.9 Å². The zero-order valence-electron chi connectivity index (χ0n) is 12.9. The van der Waals surface area contributed by atoms with Crippen molar-refractivity contribution < 1.29 is 19.4 Å². The van der Waals surface area contributed by atoms with Crippen molar-refractivity contribution in [1.29, 1.82) is 0 Å². The van der Waals surface area contributed by atoms with Crippen molar-refractivity contribution in [1.82, 2.24) is 4.90 Å². The lowest BCUT2D eigenvalue weighted by Gasteiger charge is -2.61. The molecule has 2 aliphatic heterocycles. The number of ether oxygens (including phenoxy) is 1. The maximum Gasteiger partial charge on any atom is 0.311 e. The number of likely N-dealkylation sites (tertiary alicyclic amines) is 1. The van der Waals surface area contributed by atoms with Gasteiger partial charge in [0.15, 0.2) is 0 Å². The van der Waals surface area contributed by atoms with Gasteiger partial charge < -0.3 is 20.5 Å². The highest BCUT2D eigenvalue weighted by Crippen LogP contribution is 2.59. The molecule has 4 unspecified atom stereocenters. The lowest BCUT2D eigenvalue weighted by Crippen LogP contribution is -2.80. The molecule has 118 valence electrons. The number of carbonyl (C=O) groups excluding carboxylic acids is 1. The van der Waals surface area contributed by atoms with Gasteiger partial charge in [0, 0.05) is 31.0 Å². The molecule has 0 radical (unpaired) electrons. The van der Waals surface area contributed by atoms with Crippen molar-refractivity contribution in [3.8, 4) is 0 Å². The van der Waals surface area contributed by atoms with E-state index in [-0.39, 0.29) is 24.5 Å². The van der Waals surface area contributed by atoms with Gasteiger partial charge in [0.1, 0.15) is 5.54 Å². The number of rotatable bonds is 2. The Morgan fingerprint density at radius 3 is 2.57 bits per heavy atom. The molecule has 0 bridgehead atoms. The number of carboxylic acid groups (broad SMARTS) is 1. The van der Waals surface area contributed by atoms with Crippen molar-refractivity contribution in [2.75, 3.05) is 19.7 Å². The maximum atomic E-state index is 13.0. The summed E-state index contributed by atoms with van der Waals surface area (Å²) in [5.41, 5.74) is 4.34. The van der Waals surface area contributed by atoms with Gasteiger partial charge in [-0.2, -0.15) is 0 Å². The van der Waals surface area contributed by atoms with E-state index in [1.165, 1.54) is 0 Å². The highest BCUT2D eigenvalue weighted by Gasteiger charge is 2.72. The second-order valence-corrected chi connectivity index (χ2v) is 7.62. The third-order valence-corrected chi connectivity index (χ3v) is 6.08. The normalized spacial score (nSPS) is 44.3. The van der Waals surface area contributed by atoms with Crippen LogP contribution in [0.25, 0.3) is 0 Å². The molecule has 0 aromatic rings. The fraction of sp³-hybridized carbons (Fsp3) is 0.867. The lowest BCUT2D eigenvalue weighted by molar-refractivity contribution is -0.183. The summed E-state index contributed by atoms with van der Waals surface area (Å²) in [6.07, 6.45) is 1.33. The van der Waals surface area contributed by atoms with E-state index in [9.17, 15) is 14.7 Å². The summed E-state index contributed by atoms with van der Waals surface area (Å²) >= 11 is 0. The number of aliphatic carboxylic acids is 1. The molecule has 6 heteroatoms. The summed E-state index contributed by atoms with van der Waals surface area (Å²) in [6, 6.07) is 0. The lowest BCUT2D eigenvalue weighted by atomic mass is 9.47. The van der Waals surface area contributed by atoms with Gasteiger partial charge in [0.2, 0.25) is 5.91 Å². The van der Waals surface area contributed by atoms with Crippen LogP contribution in [-0.4, -0.2) is 53.2 Å². The van der Waals surface area contributed by atoms with E-state index in [1.807, 2.05) is 13.8 Å². The first kappa shape index (κ1) is 14.8. The maximum absolute atomic E-state index is 13.0. The molecule has 3 fully saturated rings. The fourth-order valence-electron chi connectivity index (χ4n) is 4.39. The van der Waals surface area contributed by atoms with E-state index in [0.29, 0.717) is 19.6 Å². The molecule has 21 heavy (non-hydrogen) atoms. The Hall–Kier alpha value is -1.14. The summed E-state index contributed by atoms with van der Waals surface area (Å²) in [6.45, 7) is 7.01. The van der Waals surface area contributed by atoms with E-state index in [0.717, 1.165) is 6.42 Å². The van der Waals surface area contributed by atoms with Gasteiger partial charge >= 0.3 is 5.97 Å². The van der Waals surface area contributed by atoms with Gasteiger partial charge in [0.05, 0.1) is 11.5 Å². The molecule has 1 saturated carbocycles. The SMILES string of the molecule is CC1(C(=O)O)CCN(C(=O)C2(N)C3CCOC3C2(C)C)C1. The summed E-state index contributed by atoms with van der Waals surface area (Å²) in [5.74, 6) is -0.903. The van der Waals surface area contributed by atoms with Crippen LogP contribution in [0.3, 0.4) is 0 Å². The van der Waals surface area contributed by atoms with E-state index in [1.54, 1.807) is 11.8 Å².